The Labute approximate surface area is 272 Å². The number of hydrogen-bond acceptors (Lipinski definition) is 7. The number of amides is 3. The molecule has 2 fully saturated rings. The number of aromatic amines is 2. The number of piperazine rings is 1. The highest BCUT2D eigenvalue weighted by Gasteiger charge is 2.39. The van der Waals surface area contributed by atoms with E-state index in [0.29, 0.717) is 37.3 Å². The number of aromatic nitrogens is 4. The molecule has 4 heterocycles. The molecule has 17 heteroatoms. The van der Waals surface area contributed by atoms with Crippen molar-refractivity contribution in [3.05, 3.63) is 57.8 Å². The molecule has 0 spiro atoms. The predicted molar refractivity (Wildman–Crippen MR) is 162 cm³/mol. The monoisotopic (exact) mass is 684 g/mol. The van der Waals surface area contributed by atoms with Crippen molar-refractivity contribution >= 4 is 40.9 Å². The number of piperidine rings is 1. The number of H-pyrrole nitrogens is 2. The maximum atomic E-state index is 13.6. The minimum absolute atomic E-state index is 0.00674. The number of benzene rings is 1. The zero-order valence-corrected chi connectivity index (χ0v) is 26.1. The lowest BCUT2D eigenvalue weighted by atomic mass is 9.96. The van der Waals surface area contributed by atoms with Crippen LogP contribution in [0.4, 0.5) is 13.2 Å². The van der Waals surface area contributed by atoms with E-state index >= 15 is 0 Å². The van der Waals surface area contributed by atoms with Crippen molar-refractivity contribution in [3.63, 3.8) is 0 Å². The standard InChI is InChI=1S/C29H33Cl2F3N8O4/c30-13-18(43)12-21-23(24(40-39-21)29(32,33)34)22-15-36-25(38-22)26(44)37-14-16-1-2-19(20(31)11-16)28(46)42-9-7-41(8-10-42)27(45)17-3-5-35-6-4-17/h1-2,11,15,17-18,35,43H,3-10,12-14H2,(H,36,38)(H,37,44)(H,39,40)/t18-/m0/s1. The van der Waals surface area contributed by atoms with Crippen LogP contribution in [0.3, 0.4) is 0 Å². The molecule has 0 saturated carbocycles. The van der Waals surface area contributed by atoms with Crippen molar-refractivity contribution < 1.29 is 32.7 Å². The molecule has 1 atom stereocenters. The zero-order chi connectivity index (χ0) is 33.0. The Hall–Kier alpha value is -3.66. The van der Waals surface area contributed by atoms with Gasteiger partial charge in [0.2, 0.25) is 5.91 Å². The minimum Gasteiger partial charge on any atom is -0.391 e. The van der Waals surface area contributed by atoms with Gasteiger partial charge in [-0.15, -0.1) is 11.6 Å². The first-order chi connectivity index (χ1) is 22.0. The third-order valence-electron chi connectivity index (χ3n) is 8.07. The first-order valence-corrected chi connectivity index (χ1v) is 15.7. The van der Waals surface area contributed by atoms with Crippen LogP contribution < -0.4 is 10.6 Å². The number of carbonyl (C=O) groups excluding carboxylic acids is 3. The maximum Gasteiger partial charge on any atom is 0.435 e. The maximum absolute atomic E-state index is 13.6. The summed E-state index contributed by atoms with van der Waals surface area (Å²) in [5, 5.41) is 21.6. The summed E-state index contributed by atoms with van der Waals surface area (Å²) < 4.78 is 40.9. The average Bonchev–Trinajstić information content (AvgIpc) is 3.71. The van der Waals surface area contributed by atoms with Crippen LogP contribution in [0, 0.1) is 5.92 Å². The van der Waals surface area contributed by atoms with E-state index in [1.807, 2.05) is 4.90 Å². The molecule has 5 rings (SSSR count). The van der Waals surface area contributed by atoms with Gasteiger partial charge in [0, 0.05) is 56.6 Å². The third-order valence-corrected chi connectivity index (χ3v) is 8.74. The van der Waals surface area contributed by atoms with Crippen molar-refractivity contribution in [1.29, 1.82) is 0 Å². The summed E-state index contributed by atoms with van der Waals surface area (Å²) in [5.41, 5.74) is -0.869. The smallest absolute Gasteiger partial charge is 0.391 e. The summed E-state index contributed by atoms with van der Waals surface area (Å²) in [4.78, 5) is 48.8. The molecule has 0 unspecified atom stereocenters. The molecule has 2 aliphatic rings. The molecular weight excluding hydrogens is 652 g/mol. The second-order valence-electron chi connectivity index (χ2n) is 11.2. The largest absolute Gasteiger partial charge is 0.435 e. The Morgan fingerprint density at radius 3 is 2.46 bits per heavy atom. The van der Waals surface area contributed by atoms with Gasteiger partial charge in [-0.05, 0) is 43.6 Å². The Bertz CT molecular complexity index is 1570. The van der Waals surface area contributed by atoms with Gasteiger partial charge in [-0.1, -0.05) is 17.7 Å². The molecule has 2 saturated heterocycles. The fourth-order valence-corrected chi connectivity index (χ4v) is 6.00. The van der Waals surface area contributed by atoms with Gasteiger partial charge >= 0.3 is 6.18 Å². The highest BCUT2D eigenvalue weighted by atomic mass is 35.5. The molecule has 46 heavy (non-hydrogen) atoms. The summed E-state index contributed by atoms with van der Waals surface area (Å²) in [6.07, 6.45) is -3.44. The van der Waals surface area contributed by atoms with Crippen molar-refractivity contribution in [2.45, 2.75) is 38.1 Å². The predicted octanol–water partition coefficient (Wildman–Crippen LogP) is 2.83. The van der Waals surface area contributed by atoms with Crippen LogP contribution in [-0.2, 0) is 23.9 Å². The number of rotatable bonds is 9. The van der Waals surface area contributed by atoms with Gasteiger partial charge in [-0.2, -0.15) is 18.3 Å². The van der Waals surface area contributed by atoms with E-state index in [9.17, 15) is 32.7 Å². The number of alkyl halides is 4. The third kappa shape index (κ3) is 7.65. The molecule has 1 aromatic carbocycles. The van der Waals surface area contributed by atoms with Crippen LogP contribution in [0.15, 0.2) is 24.4 Å². The van der Waals surface area contributed by atoms with Crippen LogP contribution in [0.5, 0.6) is 0 Å². The van der Waals surface area contributed by atoms with E-state index in [4.69, 9.17) is 23.2 Å². The Kier molecular flexibility index (Phi) is 10.6. The van der Waals surface area contributed by atoms with Crippen LogP contribution in [-0.4, -0.2) is 104 Å². The lowest BCUT2D eigenvalue weighted by Crippen LogP contribution is -2.52. The molecule has 12 nitrogen and oxygen atoms in total. The lowest BCUT2D eigenvalue weighted by Gasteiger charge is -2.37. The number of nitrogens with one attached hydrogen (secondary N) is 4. The minimum atomic E-state index is -4.81. The zero-order valence-electron chi connectivity index (χ0n) is 24.6. The van der Waals surface area contributed by atoms with Gasteiger partial charge < -0.3 is 30.5 Å². The summed E-state index contributed by atoms with van der Waals surface area (Å²) in [6.45, 7) is 3.36. The van der Waals surface area contributed by atoms with Crippen molar-refractivity contribution in [2.75, 3.05) is 45.1 Å². The van der Waals surface area contributed by atoms with Gasteiger partial charge in [-0.3, -0.25) is 19.5 Å². The first kappa shape index (κ1) is 33.7. The number of nitrogens with zero attached hydrogens (tertiary/aromatic N) is 4. The summed E-state index contributed by atoms with van der Waals surface area (Å²) in [6, 6.07) is 4.76. The number of carbonyl (C=O) groups is 3. The number of aliphatic hydroxyl groups excluding tert-OH is 1. The molecule has 0 bridgehead atoms. The molecule has 0 radical (unpaired) electrons. The van der Waals surface area contributed by atoms with Gasteiger partial charge in [-0.25, -0.2) is 4.98 Å². The normalized spacial score (nSPS) is 16.8. The molecular formula is C29H33Cl2F3N8O4. The molecule has 248 valence electrons. The Morgan fingerprint density at radius 2 is 1.80 bits per heavy atom. The van der Waals surface area contributed by atoms with Crippen LogP contribution in [0.2, 0.25) is 5.02 Å². The molecule has 3 aromatic rings. The van der Waals surface area contributed by atoms with E-state index < -0.39 is 23.9 Å². The van der Waals surface area contributed by atoms with Crippen molar-refractivity contribution in [2.24, 2.45) is 5.92 Å². The van der Waals surface area contributed by atoms with Crippen LogP contribution in [0.25, 0.3) is 11.3 Å². The lowest BCUT2D eigenvalue weighted by molar-refractivity contribution is -0.140. The van der Waals surface area contributed by atoms with Crippen molar-refractivity contribution in [1.82, 2.24) is 40.6 Å². The number of halogens is 5. The quantitative estimate of drug-likeness (QED) is 0.217. The molecule has 2 aliphatic heterocycles. The van der Waals surface area contributed by atoms with E-state index in [1.54, 1.807) is 23.1 Å². The highest BCUT2D eigenvalue weighted by molar-refractivity contribution is 6.33. The average molecular weight is 686 g/mol. The molecule has 0 aliphatic carbocycles. The number of imidazole rings is 1. The molecule has 2 aromatic heterocycles. The molecule has 5 N–H and O–H groups in total. The van der Waals surface area contributed by atoms with E-state index in [1.165, 1.54) is 0 Å². The van der Waals surface area contributed by atoms with E-state index in [2.05, 4.69) is 30.8 Å². The van der Waals surface area contributed by atoms with Crippen LogP contribution in [0.1, 0.15) is 50.8 Å². The first-order valence-electron chi connectivity index (χ1n) is 14.8. The fraction of sp³-hybridized carbons (Fsp3) is 0.483. The fourth-order valence-electron chi connectivity index (χ4n) is 5.61. The molecule has 3 amide bonds. The van der Waals surface area contributed by atoms with E-state index in [0.717, 1.165) is 32.1 Å². The van der Waals surface area contributed by atoms with Crippen molar-refractivity contribution in [3.8, 4) is 11.3 Å². The Morgan fingerprint density at radius 1 is 1.11 bits per heavy atom. The Balaban J connectivity index is 1.18. The van der Waals surface area contributed by atoms with Gasteiger partial charge in [0.25, 0.3) is 11.8 Å². The van der Waals surface area contributed by atoms with Gasteiger partial charge in [0.1, 0.15) is 0 Å². The SMILES string of the molecule is O=C(NCc1ccc(C(=O)N2CCN(C(=O)C3CCNCC3)CC2)c(Cl)c1)c1ncc(-c2c(C(F)(F)F)n[nH]c2C[C@H](O)CCl)[nH]1. The second-order valence-corrected chi connectivity index (χ2v) is 11.9. The highest BCUT2D eigenvalue weighted by Crippen LogP contribution is 2.37. The summed E-state index contributed by atoms with van der Waals surface area (Å²) in [5.74, 6) is -1.24. The van der Waals surface area contributed by atoms with Crippen LogP contribution >= 0.6 is 23.2 Å². The van der Waals surface area contributed by atoms with E-state index in [-0.39, 0.29) is 64.4 Å². The second kappa shape index (κ2) is 14.4. The topological polar surface area (TPSA) is 159 Å². The summed E-state index contributed by atoms with van der Waals surface area (Å²) >= 11 is 12.1. The van der Waals surface area contributed by atoms with Gasteiger partial charge in [0.05, 0.1) is 34.1 Å². The van der Waals surface area contributed by atoms with Gasteiger partial charge in [0.15, 0.2) is 11.5 Å². The summed E-state index contributed by atoms with van der Waals surface area (Å²) in [7, 11) is 0. The number of hydrogen-bond donors (Lipinski definition) is 5. The number of aliphatic hydroxyl groups is 1.